The van der Waals surface area contributed by atoms with E-state index in [0.717, 1.165) is 5.56 Å². The van der Waals surface area contributed by atoms with E-state index in [0.29, 0.717) is 16.1 Å². The van der Waals surface area contributed by atoms with Crippen LogP contribution in [0.4, 0.5) is 4.39 Å². The lowest BCUT2D eigenvalue weighted by atomic mass is 9.99. The van der Waals surface area contributed by atoms with Crippen LogP contribution in [0.1, 0.15) is 21.5 Å². The Morgan fingerprint density at radius 3 is 2.61 bits per heavy atom. The van der Waals surface area contributed by atoms with Crippen LogP contribution in [0.2, 0.25) is 5.02 Å². The molecule has 0 amide bonds. The van der Waals surface area contributed by atoms with Gasteiger partial charge in [-0.25, -0.2) is 4.39 Å². The Morgan fingerprint density at radius 1 is 1.22 bits per heavy atom. The fourth-order valence-electron chi connectivity index (χ4n) is 1.82. The molecule has 0 bridgehead atoms. The Hall–Kier alpha value is -1.67. The van der Waals surface area contributed by atoms with Crippen LogP contribution >= 0.6 is 11.6 Å². The molecule has 0 unspecified atom stereocenters. The summed E-state index contributed by atoms with van der Waals surface area (Å²) in [6.07, 6.45) is 0.0495. The molecule has 0 aliphatic heterocycles. The van der Waals surface area contributed by atoms with Crippen LogP contribution in [0.15, 0.2) is 42.5 Å². The zero-order valence-electron chi connectivity index (χ0n) is 9.91. The number of rotatable bonds is 3. The molecule has 2 aromatic carbocycles. The molecule has 0 N–H and O–H groups in total. The first-order chi connectivity index (χ1) is 8.58. The van der Waals surface area contributed by atoms with Crippen LogP contribution in [-0.4, -0.2) is 5.78 Å². The monoisotopic (exact) mass is 262 g/mol. The first kappa shape index (κ1) is 12.8. The van der Waals surface area contributed by atoms with E-state index < -0.39 is 5.82 Å². The lowest BCUT2D eigenvalue weighted by molar-refractivity contribution is 0.0991. The largest absolute Gasteiger partial charge is 0.294 e. The molecule has 0 heterocycles. The summed E-state index contributed by atoms with van der Waals surface area (Å²) in [4.78, 5) is 12.1. The molecule has 2 rings (SSSR count). The summed E-state index contributed by atoms with van der Waals surface area (Å²) in [5, 5.41) is 0.333. The molecule has 2 aromatic rings. The fourth-order valence-corrected chi connectivity index (χ4v) is 1.98. The van der Waals surface area contributed by atoms with Gasteiger partial charge in [-0.2, -0.15) is 0 Å². The van der Waals surface area contributed by atoms with Crippen molar-refractivity contribution in [2.45, 2.75) is 13.3 Å². The van der Waals surface area contributed by atoms with Gasteiger partial charge in [0.2, 0.25) is 0 Å². The lowest BCUT2D eigenvalue weighted by Crippen LogP contribution is -2.06. The maximum Gasteiger partial charge on any atom is 0.167 e. The Bertz CT molecular complexity index is 593. The van der Waals surface area contributed by atoms with Gasteiger partial charge < -0.3 is 0 Å². The fraction of sp³-hybridized carbons (Fsp3) is 0.133. The number of halogens is 2. The number of aryl methyl sites for hydroxylation is 1. The van der Waals surface area contributed by atoms with Gasteiger partial charge in [0, 0.05) is 17.0 Å². The predicted octanol–water partition coefficient (Wildman–Crippen LogP) is 4.21. The van der Waals surface area contributed by atoms with Gasteiger partial charge in [0.25, 0.3) is 0 Å². The first-order valence-electron chi connectivity index (χ1n) is 5.60. The van der Waals surface area contributed by atoms with Gasteiger partial charge in [-0.05, 0) is 30.2 Å². The standard InChI is InChI=1S/C15H12ClFO/c1-10-4-2-3-5-13(10)15(18)8-11-6-7-12(16)9-14(11)17/h2-7,9H,8H2,1H3. The van der Waals surface area contributed by atoms with Gasteiger partial charge in [-0.3, -0.25) is 4.79 Å². The maximum atomic E-state index is 13.6. The van der Waals surface area contributed by atoms with Gasteiger partial charge in [0.1, 0.15) is 5.82 Å². The molecule has 0 atom stereocenters. The SMILES string of the molecule is Cc1ccccc1C(=O)Cc1ccc(Cl)cc1F. The van der Waals surface area contributed by atoms with Gasteiger partial charge in [-0.1, -0.05) is 41.9 Å². The van der Waals surface area contributed by atoms with Crippen molar-refractivity contribution in [3.05, 3.63) is 70.0 Å². The second-order valence-corrected chi connectivity index (χ2v) is 4.59. The zero-order chi connectivity index (χ0) is 13.1. The van der Waals surface area contributed by atoms with E-state index in [-0.39, 0.29) is 12.2 Å². The molecule has 0 aliphatic rings. The molecule has 1 nitrogen and oxygen atoms in total. The number of carbonyl (C=O) groups is 1. The van der Waals surface area contributed by atoms with Crippen molar-refractivity contribution in [1.82, 2.24) is 0 Å². The molecule has 0 fully saturated rings. The van der Waals surface area contributed by atoms with Crippen LogP contribution in [0.3, 0.4) is 0 Å². The minimum atomic E-state index is -0.440. The van der Waals surface area contributed by atoms with Crippen molar-refractivity contribution >= 4 is 17.4 Å². The number of Topliss-reactive ketones (excluding diaryl/α,β-unsaturated/α-hetero) is 1. The van der Waals surface area contributed by atoms with Crippen molar-refractivity contribution in [1.29, 1.82) is 0 Å². The van der Waals surface area contributed by atoms with Crippen molar-refractivity contribution < 1.29 is 9.18 Å². The average Bonchev–Trinajstić information content (AvgIpc) is 2.33. The van der Waals surface area contributed by atoms with Gasteiger partial charge in [-0.15, -0.1) is 0 Å². The van der Waals surface area contributed by atoms with E-state index in [9.17, 15) is 9.18 Å². The predicted molar refractivity (Wildman–Crippen MR) is 70.6 cm³/mol. The lowest BCUT2D eigenvalue weighted by Gasteiger charge is -2.06. The molecule has 0 aliphatic carbocycles. The van der Waals surface area contributed by atoms with Crippen LogP contribution in [-0.2, 0) is 6.42 Å². The highest BCUT2D eigenvalue weighted by molar-refractivity contribution is 6.30. The van der Waals surface area contributed by atoms with Crippen LogP contribution in [0, 0.1) is 12.7 Å². The third-order valence-corrected chi connectivity index (χ3v) is 3.05. The van der Waals surface area contributed by atoms with Crippen LogP contribution in [0.5, 0.6) is 0 Å². The third kappa shape index (κ3) is 2.77. The summed E-state index contributed by atoms with van der Waals surface area (Å²) in [6.45, 7) is 1.87. The van der Waals surface area contributed by atoms with Gasteiger partial charge >= 0.3 is 0 Å². The van der Waals surface area contributed by atoms with E-state index in [1.54, 1.807) is 24.3 Å². The summed E-state index contributed by atoms with van der Waals surface area (Å²) in [5.41, 5.74) is 1.90. The second-order valence-electron chi connectivity index (χ2n) is 4.15. The highest BCUT2D eigenvalue weighted by Crippen LogP contribution is 2.17. The molecule has 0 saturated carbocycles. The number of hydrogen-bond acceptors (Lipinski definition) is 1. The molecule has 92 valence electrons. The molecule has 0 aromatic heterocycles. The Kier molecular flexibility index (Phi) is 3.78. The normalized spacial score (nSPS) is 10.4. The molecular weight excluding hydrogens is 251 g/mol. The van der Waals surface area contributed by atoms with E-state index in [1.165, 1.54) is 6.07 Å². The minimum Gasteiger partial charge on any atom is -0.294 e. The smallest absolute Gasteiger partial charge is 0.167 e. The Labute approximate surface area is 110 Å². The maximum absolute atomic E-state index is 13.6. The second kappa shape index (κ2) is 5.32. The first-order valence-corrected chi connectivity index (χ1v) is 5.98. The topological polar surface area (TPSA) is 17.1 Å². The molecule has 18 heavy (non-hydrogen) atoms. The summed E-state index contributed by atoms with van der Waals surface area (Å²) in [7, 11) is 0. The highest BCUT2D eigenvalue weighted by Gasteiger charge is 2.12. The quantitative estimate of drug-likeness (QED) is 0.757. The van der Waals surface area contributed by atoms with E-state index >= 15 is 0 Å². The minimum absolute atomic E-state index is 0.0495. The van der Waals surface area contributed by atoms with Crippen molar-refractivity contribution in [2.75, 3.05) is 0 Å². The van der Waals surface area contributed by atoms with E-state index in [4.69, 9.17) is 11.6 Å². The number of ketones is 1. The summed E-state index contributed by atoms with van der Waals surface area (Å²) >= 11 is 5.67. The highest BCUT2D eigenvalue weighted by atomic mass is 35.5. The molecule has 3 heteroatoms. The molecular formula is C15H12ClFO. The molecule has 0 radical (unpaired) electrons. The van der Waals surface area contributed by atoms with E-state index in [1.807, 2.05) is 19.1 Å². The van der Waals surface area contributed by atoms with Crippen molar-refractivity contribution in [3.8, 4) is 0 Å². The Morgan fingerprint density at radius 2 is 1.94 bits per heavy atom. The number of hydrogen-bond donors (Lipinski definition) is 0. The average molecular weight is 263 g/mol. The Balaban J connectivity index is 2.24. The van der Waals surface area contributed by atoms with Crippen molar-refractivity contribution in [2.24, 2.45) is 0 Å². The van der Waals surface area contributed by atoms with Gasteiger partial charge in [0.15, 0.2) is 5.78 Å². The number of benzene rings is 2. The third-order valence-electron chi connectivity index (χ3n) is 2.81. The summed E-state index contributed by atoms with van der Waals surface area (Å²) in [6, 6.07) is 11.7. The van der Waals surface area contributed by atoms with Crippen LogP contribution < -0.4 is 0 Å². The number of carbonyl (C=O) groups excluding carboxylic acids is 1. The van der Waals surface area contributed by atoms with Crippen LogP contribution in [0.25, 0.3) is 0 Å². The van der Waals surface area contributed by atoms with E-state index in [2.05, 4.69) is 0 Å². The van der Waals surface area contributed by atoms with Gasteiger partial charge in [0.05, 0.1) is 0 Å². The summed E-state index contributed by atoms with van der Waals surface area (Å²) in [5.74, 6) is -0.529. The zero-order valence-corrected chi connectivity index (χ0v) is 10.7. The van der Waals surface area contributed by atoms with Crippen molar-refractivity contribution in [3.63, 3.8) is 0 Å². The molecule has 0 spiro atoms. The molecule has 0 saturated heterocycles. The summed E-state index contributed by atoms with van der Waals surface area (Å²) < 4.78 is 13.6.